The molecule has 0 fully saturated rings. The molecule has 1 aromatic heterocycles. The Hall–Kier alpha value is -4.67. The van der Waals surface area contributed by atoms with Gasteiger partial charge in [-0.3, -0.25) is 4.79 Å². The van der Waals surface area contributed by atoms with Crippen molar-refractivity contribution in [1.29, 1.82) is 0 Å². The number of carbonyl (C=O) groups is 4. The van der Waals surface area contributed by atoms with Gasteiger partial charge >= 0.3 is 18.2 Å². The maximum atomic E-state index is 13.6. The highest BCUT2D eigenvalue weighted by atomic mass is 16.6. The lowest BCUT2D eigenvalue weighted by Crippen LogP contribution is -2.54. The molecule has 11 heteroatoms. The molecule has 0 spiro atoms. The summed E-state index contributed by atoms with van der Waals surface area (Å²) in [7, 11) is 0. The number of nitrogens with zero attached hydrogens (tertiary/aromatic N) is 2. The topological polar surface area (TPSA) is 138 Å². The second kappa shape index (κ2) is 14.5. The van der Waals surface area contributed by atoms with Gasteiger partial charge in [0.05, 0.1) is 5.69 Å². The standard InChI is InChI=1S/C32H40N4O7/c1-31(2,3)42-29(39)35-25(18-24-19-36(21-33-24)30(40)43-32(4,5)6)27(37)34-26(17-22-13-9-7-10-14-22)28(38)41-20-23-15-11-8-12-16-23/h7-16,19,21,25-26H,17-18,20H2,1-6H3,(H,34,37)(H,35,39)/t25-,26-/m1/s1. The van der Waals surface area contributed by atoms with E-state index in [-0.39, 0.29) is 19.4 Å². The second-order valence-corrected chi connectivity index (χ2v) is 12.0. The SMILES string of the molecule is CC(C)(C)OC(=O)N[C@H](Cc1cn(C(=O)OC(C)(C)C)cn1)C(=O)N[C@H](Cc1ccccc1)C(=O)OCc1ccccc1. The number of imidazole rings is 1. The van der Waals surface area contributed by atoms with Crippen LogP contribution in [0.2, 0.25) is 0 Å². The summed E-state index contributed by atoms with van der Waals surface area (Å²) in [5.41, 5.74) is 0.391. The molecule has 230 valence electrons. The lowest BCUT2D eigenvalue weighted by atomic mass is 10.0. The predicted molar refractivity (Wildman–Crippen MR) is 159 cm³/mol. The molecule has 2 N–H and O–H groups in total. The van der Waals surface area contributed by atoms with Gasteiger partial charge < -0.3 is 24.8 Å². The first-order valence-corrected chi connectivity index (χ1v) is 14.0. The van der Waals surface area contributed by atoms with Crippen LogP contribution in [0.25, 0.3) is 0 Å². The van der Waals surface area contributed by atoms with Crippen LogP contribution in [-0.4, -0.2) is 56.9 Å². The molecule has 0 aliphatic carbocycles. The first-order chi connectivity index (χ1) is 20.2. The number of esters is 1. The lowest BCUT2D eigenvalue weighted by Gasteiger charge is -2.25. The molecule has 0 saturated carbocycles. The van der Waals surface area contributed by atoms with Gasteiger partial charge in [-0.05, 0) is 52.7 Å². The first-order valence-electron chi connectivity index (χ1n) is 14.0. The Kier molecular flexibility index (Phi) is 11.1. The Bertz CT molecular complexity index is 1380. The van der Waals surface area contributed by atoms with Crippen LogP contribution in [-0.2, 0) is 43.2 Å². The van der Waals surface area contributed by atoms with Crippen molar-refractivity contribution in [3.05, 3.63) is 90.0 Å². The molecular formula is C32H40N4O7. The quantitative estimate of drug-likeness (QED) is 0.258. The third-order valence-electron chi connectivity index (χ3n) is 5.77. The van der Waals surface area contributed by atoms with E-state index in [1.807, 2.05) is 60.7 Å². The van der Waals surface area contributed by atoms with Crippen LogP contribution in [0.1, 0.15) is 58.4 Å². The summed E-state index contributed by atoms with van der Waals surface area (Å²) in [6.07, 6.45) is 1.28. The molecule has 43 heavy (non-hydrogen) atoms. The Balaban J connectivity index is 1.81. The minimum atomic E-state index is -1.20. The van der Waals surface area contributed by atoms with Crippen LogP contribution in [0.5, 0.6) is 0 Å². The van der Waals surface area contributed by atoms with Crippen molar-refractivity contribution in [1.82, 2.24) is 20.2 Å². The highest BCUT2D eigenvalue weighted by Crippen LogP contribution is 2.13. The number of hydrogen-bond donors (Lipinski definition) is 2. The van der Waals surface area contributed by atoms with E-state index in [0.29, 0.717) is 5.69 Å². The van der Waals surface area contributed by atoms with Crippen LogP contribution >= 0.6 is 0 Å². The molecule has 1 heterocycles. The number of amides is 2. The highest BCUT2D eigenvalue weighted by Gasteiger charge is 2.30. The monoisotopic (exact) mass is 592 g/mol. The number of ether oxygens (including phenoxy) is 3. The van der Waals surface area contributed by atoms with Crippen LogP contribution in [0.15, 0.2) is 73.2 Å². The van der Waals surface area contributed by atoms with Crippen molar-refractivity contribution in [3.8, 4) is 0 Å². The summed E-state index contributed by atoms with van der Waals surface area (Å²) in [5, 5.41) is 5.31. The number of rotatable bonds is 10. The van der Waals surface area contributed by atoms with Crippen LogP contribution in [0, 0.1) is 0 Å². The molecule has 11 nitrogen and oxygen atoms in total. The Labute approximate surface area is 251 Å². The van der Waals surface area contributed by atoms with Gasteiger partial charge in [-0.15, -0.1) is 0 Å². The number of aromatic nitrogens is 2. The molecule has 0 saturated heterocycles. The van der Waals surface area contributed by atoms with Crippen molar-refractivity contribution in [2.24, 2.45) is 0 Å². The van der Waals surface area contributed by atoms with Gasteiger partial charge in [0.25, 0.3) is 0 Å². The van der Waals surface area contributed by atoms with Gasteiger partial charge in [0, 0.05) is 19.0 Å². The van der Waals surface area contributed by atoms with Crippen LogP contribution in [0.4, 0.5) is 9.59 Å². The smallest absolute Gasteiger partial charge is 0.419 e. The number of nitrogens with one attached hydrogen (secondary N) is 2. The van der Waals surface area contributed by atoms with E-state index in [9.17, 15) is 19.2 Å². The zero-order valence-electron chi connectivity index (χ0n) is 25.5. The average molecular weight is 593 g/mol. The van der Waals surface area contributed by atoms with E-state index < -0.39 is 47.3 Å². The van der Waals surface area contributed by atoms with Gasteiger partial charge in [0.1, 0.15) is 36.2 Å². The highest BCUT2D eigenvalue weighted by molar-refractivity contribution is 5.90. The molecule has 0 bridgehead atoms. The minimum Gasteiger partial charge on any atom is -0.459 e. The van der Waals surface area contributed by atoms with Gasteiger partial charge in [0.2, 0.25) is 5.91 Å². The fourth-order valence-electron chi connectivity index (χ4n) is 3.90. The Morgan fingerprint density at radius 2 is 1.35 bits per heavy atom. The van der Waals surface area contributed by atoms with Crippen molar-refractivity contribution in [2.75, 3.05) is 0 Å². The Morgan fingerprint density at radius 1 is 0.767 bits per heavy atom. The van der Waals surface area contributed by atoms with Crippen molar-refractivity contribution in [3.63, 3.8) is 0 Å². The maximum Gasteiger partial charge on any atom is 0.419 e. The van der Waals surface area contributed by atoms with E-state index in [0.717, 1.165) is 15.7 Å². The second-order valence-electron chi connectivity index (χ2n) is 12.0. The minimum absolute atomic E-state index is 0.0303. The van der Waals surface area contributed by atoms with Gasteiger partial charge in [-0.25, -0.2) is 23.9 Å². The molecule has 2 aromatic carbocycles. The average Bonchev–Trinajstić information content (AvgIpc) is 3.39. The van der Waals surface area contributed by atoms with E-state index in [4.69, 9.17) is 14.2 Å². The summed E-state index contributed by atoms with van der Waals surface area (Å²) >= 11 is 0. The number of hydrogen-bond acceptors (Lipinski definition) is 8. The molecular weight excluding hydrogens is 552 g/mol. The summed E-state index contributed by atoms with van der Waals surface area (Å²) in [4.78, 5) is 56.2. The van der Waals surface area contributed by atoms with E-state index >= 15 is 0 Å². The van der Waals surface area contributed by atoms with Gasteiger partial charge in [-0.2, -0.15) is 0 Å². The number of carbonyl (C=O) groups excluding carboxylic acids is 4. The zero-order valence-corrected chi connectivity index (χ0v) is 25.5. The zero-order chi connectivity index (χ0) is 31.6. The third kappa shape index (κ3) is 11.6. The molecule has 2 atom stereocenters. The molecule has 3 rings (SSSR count). The van der Waals surface area contributed by atoms with Gasteiger partial charge in [-0.1, -0.05) is 60.7 Å². The van der Waals surface area contributed by atoms with E-state index in [1.54, 1.807) is 41.5 Å². The van der Waals surface area contributed by atoms with Crippen LogP contribution < -0.4 is 10.6 Å². The third-order valence-corrected chi connectivity index (χ3v) is 5.77. The summed E-state index contributed by atoms with van der Waals surface area (Å²) in [6.45, 7) is 10.3. The van der Waals surface area contributed by atoms with Crippen molar-refractivity contribution >= 4 is 24.1 Å². The molecule has 0 radical (unpaired) electrons. The Morgan fingerprint density at radius 3 is 1.93 bits per heavy atom. The molecule has 0 unspecified atom stereocenters. The fourth-order valence-corrected chi connectivity index (χ4v) is 3.90. The molecule has 0 aliphatic heterocycles. The summed E-state index contributed by atoms with van der Waals surface area (Å²) in [6, 6.07) is 16.1. The lowest BCUT2D eigenvalue weighted by molar-refractivity contribution is -0.149. The summed E-state index contributed by atoms with van der Waals surface area (Å²) in [5.74, 6) is -1.29. The molecule has 3 aromatic rings. The van der Waals surface area contributed by atoms with Crippen LogP contribution in [0.3, 0.4) is 0 Å². The van der Waals surface area contributed by atoms with E-state index in [2.05, 4.69) is 15.6 Å². The van der Waals surface area contributed by atoms with Crippen molar-refractivity contribution < 1.29 is 33.4 Å². The normalized spacial score (nSPS) is 12.9. The largest absolute Gasteiger partial charge is 0.459 e. The maximum absolute atomic E-state index is 13.6. The first kappa shape index (κ1) is 32.8. The molecule has 0 aliphatic rings. The van der Waals surface area contributed by atoms with Gasteiger partial charge in [0.15, 0.2) is 0 Å². The van der Waals surface area contributed by atoms with Crippen molar-refractivity contribution in [2.45, 2.75) is 84.3 Å². The predicted octanol–water partition coefficient (Wildman–Crippen LogP) is 4.57. The molecule has 2 amide bonds. The summed E-state index contributed by atoms with van der Waals surface area (Å²) < 4.78 is 17.4. The number of alkyl carbamates (subject to hydrolysis) is 1. The van der Waals surface area contributed by atoms with E-state index in [1.165, 1.54) is 12.5 Å². The fraction of sp³-hybridized carbons (Fsp3) is 0.406. The number of benzene rings is 2.